The van der Waals surface area contributed by atoms with Gasteiger partial charge < -0.3 is 24.6 Å². The maximum absolute atomic E-state index is 12.8. The minimum Gasteiger partial charge on any atom is -0.493 e. The number of ether oxygens (including phenoxy) is 2. The number of anilines is 1. The van der Waals surface area contributed by atoms with Crippen molar-refractivity contribution in [1.82, 2.24) is 10.2 Å². The fourth-order valence-electron chi connectivity index (χ4n) is 3.56. The molecule has 0 aliphatic carbocycles. The zero-order valence-corrected chi connectivity index (χ0v) is 18.0. The van der Waals surface area contributed by atoms with Crippen molar-refractivity contribution in [2.24, 2.45) is 0 Å². The number of carbonyl (C=O) groups is 2. The fourth-order valence-corrected chi connectivity index (χ4v) is 3.56. The Kier molecular flexibility index (Phi) is 6.82. The van der Waals surface area contributed by atoms with E-state index in [4.69, 9.17) is 9.47 Å². The van der Waals surface area contributed by atoms with E-state index in [2.05, 4.69) is 5.32 Å². The Hall–Kier alpha value is -3.22. The van der Waals surface area contributed by atoms with Gasteiger partial charge in [-0.2, -0.15) is 0 Å². The molecule has 1 aliphatic rings. The predicted octanol–water partition coefficient (Wildman–Crippen LogP) is 2.80. The summed E-state index contributed by atoms with van der Waals surface area (Å²) in [7, 11) is 7.04. The molecule has 30 heavy (non-hydrogen) atoms. The third kappa shape index (κ3) is 4.84. The molecule has 2 aromatic carbocycles. The number of rotatable bonds is 6. The molecule has 3 rings (SSSR count). The average molecular weight is 412 g/mol. The number of carbonyl (C=O) groups excluding carboxylic acids is 2. The smallest absolute Gasteiger partial charge is 0.253 e. The van der Waals surface area contributed by atoms with Crippen molar-refractivity contribution < 1.29 is 19.1 Å². The lowest BCUT2D eigenvalue weighted by molar-refractivity contribution is 0.0697. The summed E-state index contributed by atoms with van der Waals surface area (Å²) in [6.45, 7) is 1.19. The van der Waals surface area contributed by atoms with Crippen molar-refractivity contribution in [2.75, 3.05) is 46.3 Å². The minimum atomic E-state index is -0.0787. The number of hydrogen-bond donors (Lipinski definition) is 1. The summed E-state index contributed by atoms with van der Waals surface area (Å²) in [5.41, 5.74) is 2.26. The zero-order valence-electron chi connectivity index (χ0n) is 18.0. The number of amides is 2. The van der Waals surface area contributed by atoms with Crippen molar-refractivity contribution in [3.8, 4) is 11.5 Å². The second kappa shape index (κ2) is 9.52. The molecule has 1 fully saturated rings. The van der Waals surface area contributed by atoms with Crippen molar-refractivity contribution in [1.29, 1.82) is 0 Å². The lowest BCUT2D eigenvalue weighted by atomic mass is 10.0. The van der Waals surface area contributed by atoms with Crippen molar-refractivity contribution >= 4 is 17.5 Å². The molecule has 7 nitrogen and oxygen atoms in total. The molecule has 1 heterocycles. The van der Waals surface area contributed by atoms with Gasteiger partial charge in [0.15, 0.2) is 11.5 Å². The van der Waals surface area contributed by atoms with Gasteiger partial charge >= 0.3 is 0 Å². The third-order valence-corrected chi connectivity index (χ3v) is 5.39. The normalized spacial score (nSPS) is 14.2. The molecule has 7 heteroatoms. The summed E-state index contributed by atoms with van der Waals surface area (Å²) >= 11 is 0. The summed E-state index contributed by atoms with van der Waals surface area (Å²) in [5, 5.41) is 3.09. The average Bonchev–Trinajstić information content (AvgIpc) is 2.78. The number of likely N-dealkylation sites (tertiary alicyclic amines) is 1. The Morgan fingerprint density at radius 3 is 2.10 bits per heavy atom. The molecule has 2 amide bonds. The highest BCUT2D eigenvalue weighted by Crippen LogP contribution is 2.28. The highest BCUT2D eigenvalue weighted by atomic mass is 16.5. The molecular formula is C23H29N3O4. The van der Waals surface area contributed by atoms with Gasteiger partial charge in [-0.25, -0.2) is 0 Å². The fraction of sp³-hybridized carbons (Fsp3) is 0.391. The maximum Gasteiger partial charge on any atom is 0.253 e. The van der Waals surface area contributed by atoms with Crippen LogP contribution in [0.15, 0.2) is 42.5 Å². The van der Waals surface area contributed by atoms with Crippen LogP contribution in [0.3, 0.4) is 0 Å². The molecule has 0 aromatic heterocycles. The van der Waals surface area contributed by atoms with Crippen molar-refractivity contribution in [2.45, 2.75) is 18.9 Å². The van der Waals surface area contributed by atoms with E-state index < -0.39 is 0 Å². The van der Waals surface area contributed by atoms with Crippen LogP contribution in [-0.4, -0.2) is 64.2 Å². The molecule has 1 saturated heterocycles. The lowest BCUT2D eigenvalue weighted by Gasteiger charge is -2.32. The molecule has 0 spiro atoms. The molecular weight excluding hydrogens is 382 g/mol. The quantitative estimate of drug-likeness (QED) is 0.792. The molecule has 1 aliphatic heterocycles. The van der Waals surface area contributed by atoms with E-state index in [0.717, 1.165) is 18.5 Å². The monoisotopic (exact) mass is 411 g/mol. The third-order valence-electron chi connectivity index (χ3n) is 5.39. The van der Waals surface area contributed by atoms with E-state index in [0.29, 0.717) is 35.7 Å². The predicted molar refractivity (Wildman–Crippen MR) is 117 cm³/mol. The molecule has 0 bridgehead atoms. The number of nitrogens with one attached hydrogen (secondary N) is 1. The zero-order chi connectivity index (χ0) is 21.7. The first kappa shape index (κ1) is 21.5. The second-order valence-electron chi connectivity index (χ2n) is 7.55. The highest BCUT2D eigenvalue weighted by molar-refractivity contribution is 5.95. The summed E-state index contributed by atoms with van der Waals surface area (Å²) in [6.07, 6.45) is 1.45. The minimum absolute atomic E-state index is 0.0417. The van der Waals surface area contributed by atoms with E-state index in [1.165, 1.54) is 0 Å². The molecule has 2 aromatic rings. The van der Waals surface area contributed by atoms with E-state index in [-0.39, 0.29) is 17.9 Å². The molecule has 160 valence electrons. The second-order valence-corrected chi connectivity index (χ2v) is 7.55. The first-order valence-electron chi connectivity index (χ1n) is 10.0. The van der Waals surface area contributed by atoms with Crippen LogP contribution in [0.2, 0.25) is 0 Å². The number of hydrogen-bond acceptors (Lipinski definition) is 5. The van der Waals surface area contributed by atoms with E-state index in [1.807, 2.05) is 48.2 Å². The number of methoxy groups -OCH3 is 2. The first-order chi connectivity index (χ1) is 14.4. The van der Waals surface area contributed by atoms with E-state index in [1.54, 1.807) is 32.4 Å². The standard InChI is InChI=1S/C23H29N3O4/c1-25(2)19-8-5-16(6-9-19)22(27)24-18-11-13-26(14-12-18)23(28)17-7-10-20(29-3)21(15-17)30-4/h5-10,15,18H,11-14H2,1-4H3,(H,24,27). The first-order valence-corrected chi connectivity index (χ1v) is 10.0. The van der Waals surface area contributed by atoms with Gasteiger partial charge in [-0.15, -0.1) is 0 Å². The summed E-state index contributed by atoms with van der Waals surface area (Å²) < 4.78 is 10.5. The van der Waals surface area contributed by atoms with E-state index >= 15 is 0 Å². The number of nitrogens with zero attached hydrogens (tertiary/aromatic N) is 2. The maximum atomic E-state index is 12.8. The van der Waals surface area contributed by atoms with E-state index in [9.17, 15) is 9.59 Å². The van der Waals surface area contributed by atoms with Gasteiger partial charge in [0.2, 0.25) is 0 Å². The van der Waals surface area contributed by atoms with Crippen LogP contribution in [0.25, 0.3) is 0 Å². The molecule has 1 N–H and O–H groups in total. The number of benzene rings is 2. The topological polar surface area (TPSA) is 71.1 Å². The largest absolute Gasteiger partial charge is 0.493 e. The van der Waals surface area contributed by atoms with Crippen molar-refractivity contribution in [3.63, 3.8) is 0 Å². The SMILES string of the molecule is COc1ccc(C(=O)N2CCC(NC(=O)c3ccc(N(C)C)cc3)CC2)cc1OC. The Morgan fingerprint density at radius 2 is 1.53 bits per heavy atom. The van der Waals surface area contributed by atoms with Crippen LogP contribution in [0, 0.1) is 0 Å². The summed E-state index contributed by atoms with van der Waals surface area (Å²) in [6, 6.07) is 12.8. The highest BCUT2D eigenvalue weighted by Gasteiger charge is 2.25. The Morgan fingerprint density at radius 1 is 0.933 bits per heavy atom. The van der Waals surface area contributed by atoms with Gasteiger partial charge in [0.05, 0.1) is 14.2 Å². The molecule has 0 radical (unpaired) electrons. The Labute approximate surface area is 177 Å². The van der Waals surface area contributed by atoms with Gasteiger partial charge in [-0.05, 0) is 55.3 Å². The summed E-state index contributed by atoms with van der Waals surface area (Å²) in [5.74, 6) is 1.00. The van der Waals surface area contributed by atoms with Crippen LogP contribution in [-0.2, 0) is 0 Å². The van der Waals surface area contributed by atoms with Crippen molar-refractivity contribution in [3.05, 3.63) is 53.6 Å². The molecule has 0 unspecified atom stereocenters. The Balaban J connectivity index is 1.55. The molecule has 0 atom stereocenters. The summed E-state index contributed by atoms with van der Waals surface area (Å²) in [4.78, 5) is 29.2. The van der Waals surface area contributed by atoms with Gasteiger partial charge in [0.25, 0.3) is 11.8 Å². The van der Waals surface area contributed by atoms with Gasteiger partial charge in [-0.1, -0.05) is 0 Å². The Bertz CT molecular complexity index is 888. The van der Waals surface area contributed by atoms with Gasteiger partial charge in [-0.3, -0.25) is 9.59 Å². The van der Waals surface area contributed by atoms with Crippen LogP contribution in [0.5, 0.6) is 11.5 Å². The lowest BCUT2D eigenvalue weighted by Crippen LogP contribution is -2.46. The van der Waals surface area contributed by atoms with Gasteiger partial charge in [0, 0.05) is 50.0 Å². The van der Waals surface area contributed by atoms with Crippen LogP contribution >= 0.6 is 0 Å². The molecule has 0 saturated carbocycles. The number of piperidine rings is 1. The van der Waals surface area contributed by atoms with Gasteiger partial charge in [0.1, 0.15) is 0 Å². The van der Waals surface area contributed by atoms with Crippen LogP contribution in [0.1, 0.15) is 33.6 Å². The van der Waals surface area contributed by atoms with Crippen LogP contribution in [0.4, 0.5) is 5.69 Å². The van der Waals surface area contributed by atoms with Crippen LogP contribution < -0.4 is 19.7 Å².